The van der Waals surface area contributed by atoms with Gasteiger partial charge in [0, 0.05) is 6.54 Å². The zero-order chi connectivity index (χ0) is 28.3. The molecule has 0 aliphatic carbocycles. The Morgan fingerprint density at radius 1 is 0.846 bits per heavy atom. The fourth-order valence-corrected chi connectivity index (χ4v) is 5.13. The van der Waals surface area contributed by atoms with Gasteiger partial charge in [0.05, 0.1) is 34.4 Å². The number of carbonyl (C=O) groups is 1. The molecule has 0 heterocycles. The second-order valence-electron chi connectivity index (χ2n) is 10.3. The number of nitrogens with one attached hydrogen (secondary N) is 1. The first kappa shape index (κ1) is 33.2. The van der Waals surface area contributed by atoms with Crippen LogP contribution < -0.4 is 15.8 Å². The van der Waals surface area contributed by atoms with Gasteiger partial charge in [-0.2, -0.15) is 0 Å². The molecule has 0 aromatic heterocycles. The van der Waals surface area contributed by atoms with Crippen molar-refractivity contribution in [3.63, 3.8) is 0 Å². The van der Waals surface area contributed by atoms with E-state index < -0.39 is 12.1 Å². The number of benzene rings is 2. The number of ether oxygens (including phenoxy) is 1. The van der Waals surface area contributed by atoms with E-state index >= 15 is 0 Å². The average molecular weight is 582 g/mol. The minimum atomic E-state index is -0.712. The molecule has 6 nitrogen and oxygen atoms in total. The van der Waals surface area contributed by atoms with Crippen LogP contribution in [0.2, 0.25) is 10.0 Å². The van der Waals surface area contributed by atoms with Crippen molar-refractivity contribution in [2.45, 2.75) is 89.6 Å². The normalized spacial score (nSPS) is 12.8. The van der Waals surface area contributed by atoms with Crippen LogP contribution in [0.5, 0.6) is 5.75 Å². The van der Waals surface area contributed by atoms with Crippen LogP contribution in [-0.2, 0) is 4.79 Å². The molecule has 0 fully saturated rings. The van der Waals surface area contributed by atoms with Crippen molar-refractivity contribution in [1.29, 1.82) is 0 Å². The number of aliphatic hydroxyl groups is 1. The minimum absolute atomic E-state index is 0.230. The van der Waals surface area contributed by atoms with Gasteiger partial charge in [-0.3, -0.25) is 4.79 Å². The van der Waals surface area contributed by atoms with Gasteiger partial charge < -0.3 is 26.0 Å². The number of rotatable bonds is 22. The molecule has 0 spiro atoms. The van der Waals surface area contributed by atoms with Gasteiger partial charge in [0.2, 0.25) is 0 Å². The van der Waals surface area contributed by atoms with Gasteiger partial charge in [0.15, 0.2) is 0 Å². The zero-order valence-corrected chi connectivity index (χ0v) is 24.6. The molecule has 0 saturated carbocycles. The molecule has 0 aliphatic rings. The SMILES string of the molecule is Nc1c(Cl)cc(C(O)CNCCCCCCC(CCCCCCCCCOc2ccccc2)C(=O)O)cc1Cl. The molecule has 2 aromatic rings. The van der Waals surface area contributed by atoms with Crippen molar-refractivity contribution in [2.24, 2.45) is 5.92 Å². The highest BCUT2D eigenvalue weighted by Gasteiger charge is 2.16. The standard InChI is InChI=1S/C31H46Cl2N2O4/c32-27-21-25(22-28(33)30(27)34)29(36)23-35-19-13-6-5-10-16-24(31(37)38)15-9-4-2-1-3-7-14-20-39-26-17-11-8-12-18-26/h8,11-12,17-18,21-22,24,29,35-36H,1-7,9-10,13-16,19-20,23,34H2,(H,37,38). The molecule has 0 aliphatic heterocycles. The van der Waals surface area contributed by atoms with Crippen LogP contribution in [0, 0.1) is 5.92 Å². The number of halogens is 2. The summed E-state index contributed by atoms with van der Waals surface area (Å²) >= 11 is 12.1. The molecule has 5 N–H and O–H groups in total. The summed E-state index contributed by atoms with van der Waals surface area (Å²) in [6, 6.07) is 13.2. The summed E-state index contributed by atoms with van der Waals surface area (Å²) in [6.07, 6.45) is 12.7. The Kier molecular flexibility index (Phi) is 17.0. The van der Waals surface area contributed by atoms with Crippen LogP contribution in [0.1, 0.15) is 95.1 Å². The number of hydrogen-bond acceptors (Lipinski definition) is 5. The minimum Gasteiger partial charge on any atom is -0.494 e. The Labute approximate surface area is 244 Å². The van der Waals surface area contributed by atoms with Crippen molar-refractivity contribution in [3.05, 3.63) is 58.1 Å². The van der Waals surface area contributed by atoms with Crippen molar-refractivity contribution in [2.75, 3.05) is 25.4 Å². The third kappa shape index (κ3) is 14.3. The van der Waals surface area contributed by atoms with Gasteiger partial charge in [-0.1, -0.05) is 99.2 Å². The highest BCUT2D eigenvalue weighted by molar-refractivity contribution is 6.38. The summed E-state index contributed by atoms with van der Waals surface area (Å²) < 4.78 is 5.72. The van der Waals surface area contributed by atoms with E-state index in [2.05, 4.69) is 5.32 Å². The second-order valence-corrected chi connectivity index (χ2v) is 11.1. The van der Waals surface area contributed by atoms with E-state index in [-0.39, 0.29) is 5.92 Å². The Hall–Kier alpha value is -1.99. The zero-order valence-electron chi connectivity index (χ0n) is 23.1. The quantitative estimate of drug-likeness (QED) is 0.0829. The highest BCUT2D eigenvalue weighted by atomic mass is 35.5. The van der Waals surface area contributed by atoms with E-state index in [1.54, 1.807) is 12.1 Å². The van der Waals surface area contributed by atoms with Gasteiger partial charge in [-0.05, 0) is 62.1 Å². The van der Waals surface area contributed by atoms with E-state index in [0.717, 1.165) is 76.7 Å². The molecule has 2 rings (SSSR count). The lowest BCUT2D eigenvalue weighted by atomic mass is 9.94. The largest absolute Gasteiger partial charge is 0.494 e. The summed E-state index contributed by atoms with van der Waals surface area (Å²) in [7, 11) is 0. The lowest BCUT2D eigenvalue weighted by Crippen LogP contribution is -2.22. The maximum Gasteiger partial charge on any atom is 0.306 e. The average Bonchev–Trinajstić information content (AvgIpc) is 2.92. The van der Waals surface area contributed by atoms with Crippen LogP contribution in [0.15, 0.2) is 42.5 Å². The summed E-state index contributed by atoms with van der Waals surface area (Å²) in [5.74, 6) is 0.0429. The molecule has 0 bridgehead atoms. The summed E-state index contributed by atoms with van der Waals surface area (Å²) in [4.78, 5) is 11.6. The lowest BCUT2D eigenvalue weighted by molar-refractivity contribution is -0.142. The molecule has 2 aromatic carbocycles. The van der Waals surface area contributed by atoms with Crippen LogP contribution >= 0.6 is 23.2 Å². The molecule has 2 atom stereocenters. The molecule has 0 radical (unpaired) electrons. The number of carboxylic acid groups (broad SMARTS) is 1. The number of carboxylic acids is 1. The first-order valence-electron chi connectivity index (χ1n) is 14.4. The predicted molar refractivity (Wildman–Crippen MR) is 162 cm³/mol. The number of nitrogens with two attached hydrogens (primary N) is 1. The molecule has 218 valence electrons. The fourth-order valence-electron chi connectivity index (χ4n) is 4.62. The van der Waals surface area contributed by atoms with E-state index in [0.29, 0.717) is 27.8 Å². The molecule has 0 amide bonds. The van der Waals surface area contributed by atoms with Crippen LogP contribution in [0.3, 0.4) is 0 Å². The van der Waals surface area contributed by atoms with Gasteiger partial charge in [0.25, 0.3) is 0 Å². The molecular weight excluding hydrogens is 535 g/mol. The smallest absolute Gasteiger partial charge is 0.306 e. The first-order valence-corrected chi connectivity index (χ1v) is 15.2. The monoisotopic (exact) mass is 580 g/mol. The maximum absolute atomic E-state index is 11.6. The Balaban J connectivity index is 1.42. The van der Waals surface area contributed by atoms with E-state index in [4.69, 9.17) is 33.7 Å². The van der Waals surface area contributed by atoms with E-state index in [1.165, 1.54) is 25.7 Å². The molecule has 2 unspecified atom stereocenters. The number of para-hydroxylation sites is 1. The predicted octanol–water partition coefficient (Wildman–Crippen LogP) is 8.05. The molecular formula is C31H46Cl2N2O4. The summed E-state index contributed by atoms with van der Waals surface area (Å²) in [6.45, 7) is 1.95. The third-order valence-electron chi connectivity index (χ3n) is 7.04. The number of aliphatic hydroxyl groups excluding tert-OH is 1. The molecule has 0 saturated heterocycles. The fraction of sp³-hybridized carbons (Fsp3) is 0.581. The van der Waals surface area contributed by atoms with Crippen molar-refractivity contribution in [1.82, 2.24) is 5.32 Å². The summed E-state index contributed by atoms with van der Waals surface area (Å²) in [5, 5.41) is 23.8. The van der Waals surface area contributed by atoms with E-state index in [9.17, 15) is 15.0 Å². The van der Waals surface area contributed by atoms with Crippen LogP contribution in [-0.4, -0.2) is 35.9 Å². The van der Waals surface area contributed by atoms with Gasteiger partial charge in [-0.25, -0.2) is 0 Å². The summed E-state index contributed by atoms with van der Waals surface area (Å²) in [5.41, 5.74) is 6.70. The highest BCUT2D eigenvalue weighted by Crippen LogP contribution is 2.31. The van der Waals surface area contributed by atoms with Gasteiger partial charge in [-0.15, -0.1) is 0 Å². The molecule has 8 heteroatoms. The number of unbranched alkanes of at least 4 members (excludes halogenated alkanes) is 9. The van der Waals surface area contributed by atoms with Crippen LogP contribution in [0.4, 0.5) is 5.69 Å². The second kappa shape index (κ2) is 20.0. The first-order chi connectivity index (χ1) is 18.9. The van der Waals surface area contributed by atoms with Crippen molar-refractivity contribution < 1.29 is 19.7 Å². The third-order valence-corrected chi connectivity index (χ3v) is 7.66. The van der Waals surface area contributed by atoms with Gasteiger partial charge in [0.1, 0.15) is 5.75 Å². The topological polar surface area (TPSA) is 105 Å². The van der Waals surface area contributed by atoms with Gasteiger partial charge >= 0.3 is 5.97 Å². The van der Waals surface area contributed by atoms with Crippen molar-refractivity contribution in [3.8, 4) is 5.75 Å². The lowest BCUT2D eigenvalue weighted by Gasteiger charge is -2.14. The number of anilines is 1. The number of hydrogen-bond donors (Lipinski definition) is 4. The van der Waals surface area contributed by atoms with Crippen LogP contribution in [0.25, 0.3) is 0 Å². The number of nitrogen functional groups attached to an aromatic ring is 1. The maximum atomic E-state index is 11.6. The number of aliphatic carboxylic acids is 1. The van der Waals surface area contributed by atoms with E-state index in [1.807, 2.05) is 30.3 Å². The molecule has 39 heavy (non-hydrogen) atoms. The Bertz CT molecular complexity index is 922. The van der Waals surface area contributed by atoms with Crippen molar-refractivity contribution >= 4 is 34.9 Å². The Morgan fingerprint density at radius 3 is 1.97 bits per heavy atom. The Morgan fingerprint density at radius 2 is 1.38 bits per heavy atom.